The molecule has 0 unspecified atom stereocenters. The third-order valence-electron chi connectivity index (χ3n) is 3.54. The number of methoxy groups -OCH3 is 1. The zero-order chi connectivity index (χ0) is 13.5. The van der Waals surface area contributed by atoms with Gasteiger partial charge in [-0.15, -0.1) is 0 Å². The van der Waals surface area contributed by atoms with Crippen LogP contribution in [0.4, 0.5) is 0 Å². The molecule has 1 fully saturated rings. The lowest BCUT2D eigenvalue weighted by molar-refractivity contribution is -0.166. The smallest absolute Gasteiger partial charge is 0.321 e. The molecule has 1 aliphatic heterocycles. The number of H-pyrrole nitrogens is 1. The van der Waals surface area contributed by atoms with Gasteiger partial charge in [-0.2, -0.15) is 0 Å². The SMILES string of the molecule is COC(=O)C1(c2cc3ccccc3[nH]c2=O)COC1. The summed E-state index contributed by atoms with van der Waals surface area (Å²) in [6, 6.07) is 9.18. The van der Waals surface area contributed by atoms with Crippen molar-refractivity contribution in [1.29, 1.82) is 0 Å². The lowest BCUT2D eigenvalue weighted by atomic mass is 9.79. The summed E-state index contributed by atoms with van der Waals surface area (Å²) in [5.74, 6) is -0.431. The van der Waals surface area contributed by atoms with E-state index < -0.39 is 11.4 Å². The van der Waals surface area contributed by atoms with E-state index in [1.54, 1.807) is 6.07 Å². The Kier molecular flexibility index (Phi) is 2.64. The van der Waals surface area contributed by atoms with Crippen molar-refractivity contribution >= 4 is 16.9 Å². The van der Waals surface area contributed by atoms with Gasteiger partial charge in [0, 0.05) is 11.1 Å². The monoisotopic (exact) mass is 259 g/mol. The molecule has 19 heavy (non-hydrogen) atoms. The zero-order valence-electron chi connectivity index (χ0n) is 10.4. The van der Waals surface area contributed by atoms with Crippen LogP contribution in [0, 0.1) is 0 Å². The van der Waals surface area contributed by atoms with Gasteiger partial charge in [-0.25, -0.2) is 0 Å². The van der Waals surface area contributed by atoms with Crippen LogP contribution in [0.25, 0.3) is 10.9 Å². The first-order chi connectivity index (χ1) is 9.17. The number of hydrogen-bond donors (Lipinski definition) is 1. The number of para-hydroxylation sites is 1. The summed E-state index contributed by atoms with van der Waals surface area (Å²) in [4.78, 5) is 26.9. The zero-order valence-corrected chi connectivity index (χ0v) is 10.4. The van der Waals surface area contributed by atoms with Gasteiger partial charge < -0.3 is 14.5 Å². The number of fused-ring (bicyclic) bond motifs is 1. The van der Waals surface area contributed by atoms with Crippen LogP contribution in [0.15, 0.2) is 35.1 Å². The molecule has 0 atom stereocenters. The largest absolute Gasteiger partial charge is 0.468 e. The van der Waals surface area contributed by atoms with Crippen LogP contribution in [0.1, 0.15) is 5.56 Å². The quantitative estimate of drug-likeness (QED) is 0.816. The highest BCUT2D eigenvalue weighted by atomic mass is 16.5. The first-order valence-electron chi connectivity index (χ1n) is 5.96. The summed E-state index contributed by atoms with van der Waals surface area (Å²) in [6.07, 6.45) is 0. The molecule has 1 aromatic heterocycles. The van der Waals surface area contributed by atoms with Gasteiger partial charge in [0.2, 0.25) is 0 Å². The maximum atomic E-state index is 12.2. The molecule has 1 N–H and O–H groups in total. The Hall–Kier alpha value is -2.14. The Bertz CT molecular complexity index is 700. The van der Waals surface area contributed by atoms with Gasteiger partial charge in [-0.1, -0.05) is 18.2 Å². The second-order valence-electron chi connectivity index (χ2n) is 4.67. The summed E-state index contributed by atoms with van der Waals surface area (Å²) in [7, 11) is 1.32. The molecule has 5 nitrogen and oxygen atoms in total. The van der Waals surface area contributed by atoms with Gasteiger partial charge >= 0.3 is 5.97 Å². The molecular formula is C14H13NO4. The van der Waals surface area contributed by atoms with Gasteiger partial charge in [0.1, 0.15) is 5.41 Å². The maximum Gasteiger partial charge on any atom is 0.321 e. The third kappa shape index (κ3) is 1.66. The van der Waals surface area contributed by atoms with Gasteiger partial charge in [-0.05, 0) is 17.5 Å². The molecule has 1 saturated heterocycles. The molecule has 0 spiro atoms. The standard InChI is InChI=1S/C14H13NO4/c1-18-13(17)14(7-19-8-14)10-6-9-4-2-3-5-11(9)15-12(10)16/h2-6H,7-8H2,1H3,(H,15,16). The number of hydrogen-bond acceptors (Lipinski definition) is 4. The predicted octanol–water partition coefficient (Wildman–Crippen LogP) is 0.969. The average Bonchev–Trinajstić information content (AvgIpc) is 2.37. The molecule has 0 saturated carbocycles. The Labute approximate surface area is 109 Å². The summed E-state index contributed by atoms with van der Waals surface area (Å²) >= 11 is 0. The fraction of sp³-hybridized carbons (Fsp3) is 0.286. The topological polar surface area (TPSA) is 68.4 Å². The molecular weight excluding hydrogens is 246 g/mol. The van der Waals surface area contributed by atoms with E-state index in [-0.39, 0.29) is 18.8 Å². The van der Waals surface area contributed by atoms with Crippen LogP contribution >= 0.6 is 0 Å². The maximum absolute atomic E-state index is 12.2. The van der Waals surface area contributed by atoms with Gasteiger partial charge in [0.05, 0.1) is 20.3 Å². The molecule has 2 aromatic rings. The number of rotatable bonds is 2. The number of nitrogens with one attached hydrogen (secondary N) is 1. The predicted molar refractivity (Wildman–Crippen MR) is 69.1 cm³/mol. The molecule has 0 bridgehead atoms. The van der Waals surface area contributed by atoms with Crippen LogP contribution in [0.2, 0.25) is 0 Å². The van der Waals surface area contributed by atoms with E-state index in [0.717, 1.165) is 10.9 Å². The van der Waals surface area contributed by atoms with Crippen LogP contribution in [0.3, 0.4) is 0 Å². The Morgan fingerprint density at radius 3 is 2.74 bits per heavy atom. The molecule has 98 valence electrons. The van der Waals surface area contributed by atoms with Crippen molar-refractivity contribution in [2.24, 2.45) is 0 Å². The lowest BCUT2D eigenvalue weighted by Crippen LogP contribution is -2.56. The van der Waals surface area contributed by atoms with E-state index in [2.05, 4.69) is 4.98 Å². The third-order valence-corrected chi connectivity index (χ3v) is 3.54. The fourth-order valence-corrected chi connectivity index (χ4v) is 2.39. The molecule has 1 aromatic carbocycles. The van der Waals surface area contributed by atoms with Crippen LogP contribution in [-0.2, 0) is 19.7 Å². The molecule has 5 heteroatoms. The lowest BCUT2D eigenvalue weighted by Gasteiger charge is -2.38. The Morgan fingerprint density at radius 1 is 1.37 bits per heavy atom. The van der Waals surface area contributed by atoms with Crippen molar-refractivity contribution < 1.29 is 14.3 Å². The summed E-state index contributed by atoms with van der Waals surface area (Å²) < 4.78 is 9.94. The number of aromatic amines is 1. The summed E-state index contributed by atoms with van der Waals surface area (Å²) in [5, 5.41) is 0.882. The number of carbonyl (C=O) groups is 1. The van der Waals surface area contributed by atoms with Gasteiger partial charge in [0.15, 0.2) is 0 Å². The van der Waals surface area contributed by atoms with E-state index in [1.165, 1.54) is 7.11 Å². The summed E-state index contributed by atoms with van der Waals surface area (Å²) in [6.45, 7) is 0.363. The fourth-order valence-electron chi connectivity index (χ4n) is 2.39. The van der Waals surface area contributed by atoms with Crippen molar-refractivity contribution in [2.45, 2.75) is 5.41 Å². The van der Waals surface area contributed by atoms with Gasteiger partial charge in [-0.3, -0.25) is 9.59 Å². The second kappa shape index (κ2) is 4.20. The van der Waals surface area contributed by atoms with Crippen molar-refractivity contribution in [2.75, 3.05) is 20.3 Å². The highest BCUT2D eigenvalue weighted by molar-refractivity contribution is 5.87. The number of ether oxygens (including phenoxy) is 2. The highest BCUT2D eigenvalue weighted by Crippen LogP contribution is 2.32. The molecule has 1 aliphatic rings. The summed E-state index contributed by atoms with van der Waals surface area (Å²) in [5.41, 5.74) is -0.0833. The van der Waals surface area contributed by atoms with Crippen molar-refractivity contribution in [3.63, 3.8) is 0 Å². The van der Waals surface area contributed by atoms with E-state index in [0.29, 0.717) is 5.56 Å². The minimum atomic E-state index is -0.966. The van der Waals surface area contributed by atoms with Crippen molar-refractivity contribution in [1.82, 2.24) is 4.98 Å². The van der Waals surface area contributed by atoms with E-state index >= 15 is 0 Å². The Balaban J connectivity index is 2.22. The number of aromatic nitrogens is 1. The molecule has 0 amide bonds. The number of carbonyl (C=O) groups excluding carboxylic acids is 1. The minimum absolute atomic E-state index is 0.182. The van der Waals surface area contributed by atoms with Gasteiger partial charge in [0.25, 0.3) is 5.56 Å². The van der Waals surface area contributed by atoms with Crippen LogP contribution in [-0.4, -0.2) is 31.3 Å². The first kappa shape index (κ1) is 11.9. The van der Waals surface area contributed by atoms with E-state index in [1.807, 2.05) is 24.3 Å². The highest BCUT2D eigenvalue weighted by Gasteiger charge is 2.50. The number of benzene rings is 1. The average molecular weight is 259 g/mol. The van der Waals surface area contributed by atoms with Crippen molar-refractivity contribution in [3.8, 4) is 0 Å². The van der Waals surface area contributed by atoms with Crippen molar-refractivity contribution in [3.05, 3.63) is 46.2 Å². The Morgan fingerprint density at radius 2 is 2.11 bits per heavy atom. The number of pyridine rings is 1. The minimum Gasteiger partial charge on any atom is -0.468 e. The molecule has 2 heterocycles. The first-order valence-corrected chi connectivity index (χ1v) is 5.96. The van der Waals surface area contributed by atoms with E-state index in [9.17, 15) is 9.59 Å². The van der Waals surface area contributed by atoms with Crippen LogP contribution < -0.4 is 5.56 Å². The molecule has 0 radical (unpaired) electrons. The second-order valence-corrected chi connectivity index (χ2v) is 4.67. The number of esters is 1. The van der Waals surface area contributed by atoms with Crippen LogP contribution in [0.5, 0.6) is 0 Å². The molecule has 0 aliphatic carbocycles. The molecule has 3 rings (SSSR count). The van der Waals surface area contributed by atoms with E-state index in [4.69, 9.17) is 9.47 Å². The normalized spacial score (nSPS) is 16.9.